The van der Waals surface area contributed by atoms with E-state index in [9.17, 15) is 9.59 Å². The van der Waals surface area contributed by atoms with Crippen LogP contribution in [-0.4, -0.2) is 28.3 Å². The first kappa shape index (κ1) is 11.9. The quantitative estimate of drug-likeness (QED) is 0.350. The summed E-state index contributed by atoms with van der Waals surface area (Å²) in [6.45, 7) is 0.173. The van der Waals surface area contributed by atoms with Gasteiger partial charge in [-0.3, -0.25) is 9.59 Å². The zero-order valence-corrected chi connectivity index (χ0v) is 8.43. The van der Waals surface area contributed by atoms with Gasteiger partial charge in [0.05, 0.1) is 12.4 Å². The molecule has 0 unspecified atom stereocenters. The molecule has 0 aliphatic carbocycles. The summed E-state index contributed by atoms with van der Waals surface area (Å²) in [5.74, 6) is 4.54. The van der Waals surface area contributed by atoms with E-state index in [1.165, 1.54) is 12.4 Å². The predicted octanol–water partition coefficient (Wildman–Crippen LogP) is -1.63. The molecule has 0 bridgehead atoms. The molecule has 1 aromatic rings. The van der Waals surface area contributed by atoms with Gasteiger partial charge in [0.25, 0.3) is 5.91 Å². The van der Waals surface area contributed by atoms with Gasteiger partial charge in [0.15, 0.2) is 5.82 Å². The second-order valence-electron chi connectivity index (χ2n) is 2.90. The summed E-state index contributed by atoms with van der Waals surface area (Å²) < 4.78 is 0. The Morgan fingerprint density at radius 2 is 2.06 bits per heavy atom. The van der Waals surface area contributed by atoms with Gasteiger partial charge in [-0.2, -0.15) is 0 Å². The predicted molar refractivity (Wildman–Crippen MR) is 56.0 cm³/mol. The average Bonchev–Trinajstić information content (AvgIpc) is 2.28. The minimum atomic E-state index is -0.478. The molecule has 1 heterocycles. The molecular formula is C8H12N6O2. The number of nitrogens with one attached hydrogen (secondary N) is 2. The van der Waals surface area contributed by atoms with Crippen molar-refractivity contribution in [2.45, 2.75) is 6.42 Å². The van der Waals surface area contributed by atoms with Crippen molar-refractivity contribution < 1.29 is 9.59 Å². The van der Waals surface area contributed by atoms with Crippen molar-refractivity contribution in [3.63, 3.8) is 0 Å². The molecule has 0 saturated heterocycles. The zero-order valence-electron chi connectivity index (χ0n) is 8.43. The SMILES string of the molecule is NNc1cnc(C(=O)NCCC(N)=O)cn1. The Labute approximate surface area is 91.4 Å². The summed E-state index contributed by atoms with van der Waals surface area (Å²) >= 11 is 0. The van der Waals surface area contributed by atoms with Crippen LogP contribution in [0.15, 0.2) is 12.4 Å². The maximum atomic E-state index is 11.4. The number of carbonyl (C=O) groups excluding carboxylic acids is 2. The normalized spacial score (nSPS) is 9.56. The van der Waals surface area contributed by atoms with Crippen LogP contribution in [0.25, 0.3) is 0 Å². The van der Waals surface area contributed by atoms with E-state index in [1.807, 2.05) is 0 Å². The number of nitrogens with zero attached hydrogens (tertiary/aromatic N) is 2. The second-order valence-corrected chi connectivity index (χ2v) is 2.90. The summed E-state index contributed by atoms with van der Waals surface area (Å²) in [5.41, 5.74) is 7.34. The summed E-state index contributed by atoms with van der Waals surface area (Å²) in [6, 6.07) is 0. The standard InChI is InChI=1S/C8H12N6O2/c9-6(15)1-2-11-8(16)5-3-13-7(14-10)4-12-5/h3-4H,1-2,10H2,(H2,9,15)(H,11,16)(H,13,14). The lowest BCUT2D eigenvalue weighted by atomic mass is 10.3. The van der Waals surface area contributed by atoms with Crippen LogP contribution in [-0.2, 0) is 4.79 Å². The molecule has 16 heavy (non-hydrogen) atoms. The van der Waals surface area contributed by atoms with Gasteiger partial charge in [-0.1, -0.05) is 0 Å². The monoisotopic (exact) mass is 224 g/mol. The molecule has 8 heteroatoms. The number of nitrogen functional groups attached to an aromatic ring is 1. The highest BCUT2D eigenvalue weighted by Crippen LogP contribution is 1.98. The number of hydrazine groups is 1. The Balaban J connectivity index is 2.49. The van der Waals surface area contributed by atoms with E-state index in [1.54, 1.807) is 0 Å². The molecule has 0 aliphatic heterocycles. The lowest BCUT2D eigenvalue weighted by molar-refractivity contribution is -0.117. The Morgan fingerprint density at radius 3 is 2.56 bits per heavy atom. The van der Waals surface area contributed by atoms with Gasteiger partial charge in [-0.25, -0.2) is 15.8 Å². The molecular weight excluding hydrogens is 212 g/mol. The van der Waals surface area contributed by atoms with E-state index in [4.69, 9.17) is 11.6 Å². The third-order valence-electron chi connectivity index (χ3n) is 1.69. The molecule has 0 radical (unpaired) electrons. The van der Waals surface area contributed by atoms with E-state index in [0.29, 0.717) is 5.82 Å². The van der Waals surface area contributed by atoms with Gasteiger partial charge in [0, 0.05) is 13.0 Å². The fraction of sp³-hybridized carbons (Fsp3) is 0.250. The minimum Gasteiger partial charge on any atom is -0.370 e. The van der Waals surface area contributed by atoms with Crippen LogP contribution in [0, 0.1) is 0 Å². The van der Waals surface area contributed by atoms with Crippen molar-refractivity contribution in [1.82, 2.24) is 15.3 Å². The van der Waals surface area contributed by atoms with Gasteiger partial charge >= 0.3 is 0 Å². The lowest BCUT2D eigenvalue weighted by Crippen LogP contribution is -2.28. The fourth-order valence-electron chi connectivity index (χ4n) is 0.910. The Hall–Kier alpha value is -2.22. The van der Waals surface area contributed by atoms with Gasteiger partial charge in [-0.15, -0.1) is 0 Å². The number of anilines is 1. The number of nitrogens with two attached hydrogens (primary N) is 2. The van der Waals surface area contributed by atoms with Crippen molar-refractivity contribution in [3.8, 4) is 0 Å². The number of hydrogen-bond donors (Lipinski definition) is 4. The van der Waals surface area contributed by atoms with Crippen LogP contribution in [0.5, 0.6) is 0 Å². The average molecular weight is 224 g/mol. The maximum absolute atomic E-state index is 11.4. The summed E-state index contributed by atoms with van der Waals surface area (Å²) in [7, 11) is 0. The second kappa shape index (κ2) is 5.61. The van der Waals surface area contributed by atoms with E-state index >= 15 is 0 Å². The number of aromatic nitrogens is 2. The minimum absolute atomic E-state index is 0.0849. The third-order valence-corrected chi connectivity index (χ3v) is 1.69. The van der Waals surface area contributed by atoms with Crippen molar-refractivity contribution in [3.05, 3.63) is 18.1 Å². The summed E-state index contributed by atoms with van der Waals surface area (Å²) in [5, 5.41) is 2.47. The van der Waals surface area contributed by atoms with Crippen molar-refractivity contribution >= 4 is 17.6 Å². The van der Waals surface area contributed by atoms with Crippen LogP contribution in [0.1, 0.15) is 16.9 Å². The van der Waals surface area contributed by atoms with E-state index < -0.39 is 11.8 Å². The van der Waals surface area contributed by atoms with Crippen LogP contribution in [0.2, 0.25) is 0 Å². The first-order chi connectivity index (χ1) is 7.63. The Kier molecular flexibility index (Phi) is 4.16. The molecule has 6 N–H and O–H groups in total. The van der Waals surface area contributed by atoms with Crippen molar-refractivity contribution in [2.75, 3.05) is 12.0 Å². The topological polar surface area (TPSA) is 136 Å². The highest BCUT2D eigenvalue weighted by molar-refractivity contribution is 5.92. The maximum Gasteiger partial charge on any atom is 0.271 e. The molecule has 0 saturated carbocycles. The van der Waals surface area contributed by atoms with Crippen molar-refractivity contribution in [2.24, 2.45) is 11.6 Å². The van der Waals surface area contributed by atoms with Crippen LogP contribution in [0.3, 0.4) is 0 Å². The van der Waals surface area contributed by atoms with E-state index in [0.717, 1.165) is 0 Å². The number of hydrogen-bond acceptors (Lipinski definition) is 6. The molecule has 86 valence electrons. The van der Waals surface area contributed by atoms with Gasteiger partial charge in [-0.05, 0) is 0 Å². The van der Waals surface area contributed by atoms with Crippen LogP contribution >= 0.6 is 0 Å². The largest absolute Gasteiger partial charge is 0.370 e. The highest BCUT2D eigenvalue weighted by atomic mass is 16.2. The van der Waals surface area contributed by atoms with Gasteiger partial charge in [0.2, 0.25) is 5.91 Å². The van der Waals surface area contributed by atoms with Crippen LogP contribution < -0.4 is 22.3 Å². The molecule has 8 nitrogen and oxygen atoms in total. The zero-order chi connectivity index (χ0) is 12.0. The number of amides is 2. The third kappa shape index (κ3) is 3.50. The molecule has 1 aromatic heterocycles. The molecule has 0 fully saturated rings. The van der Waals surface area contributed by atoms with Crippen LogP contribution in [0.4, 0.5) is 5.82 Å². The molecule has 1 rings (SSSR count). The molecule has 0 aliphatic rings. The summed E-state index contributed by atoms with van der Waals surface area (Å²) in [6.07, 6.45) is 2.68. The fourth-order valence-corrected chi connectivity index (χ4v) is 0.910. The van der Waals surface area contributed by atoms with E-state index in [-0.39, 0.29) is 18.7 Å². The smallest absolute Gasteiger partial charge is 0.271 e. The Bertz CT molecular complexity index is 377. The number of rotatable bonds is 5. The number of carbonyl (C=O) groups is 2. The number of primary amides is 1. The molecule has 0 aromatic carbocycles. The summed E-state index contributed by atoms with van der Waals surface area (Å²) in [4.78, 5) is 29.5. The van der Waals surface area contributed by atoms with Crippen molar-refractivity contribution in [1.29, 1.82) is 0 Å². The first-order valence-corrected chi connectivity index (χ1v) is 4.48. The van der Waals surface area contributed by atoms with Gasteiger partial charge in [0.1, 0.15) is 5.69 Å². The van der Waals surface area contributed by atoms with E-state index in [2.05, 4.69) is 20.7 Å². The first-order valence-electron chi connectivity index (χ1n) is 4.48. The molecule has 0 atom stereocenters. The highest BCUT2D eigenvalue weighted by Gasteiger charge is 2.07. The van der Waals surface area contributed by atoms with Gasteiger partial charge < -0.3 is 16.5 Å². The lowest BCUT2D eigenvalue weighted by Gasteiger charge is -2.03. The molecule has 2 amide bonds. The molecule has 0 spiro atoms. The Morgan fingerprint density at radius 1 is 1.31 bits per heavy atom.